The van der Waals surface area contributed by atoms with Crippen molar-refractivity contribution in [3.8, 4) is 17.5 Å². The molecule has 0 saturated carbocycles. The molecule has 0 aliphatic carbocycles. The molecule has 1 amide bonds. The molecule has 2 rings (SSSR count). The highest BCUT2D eigenvalue weighted by molar-refractivity contribution is 5.78. The van der Waals surface area contributed by atoms with Gasteiger partial charge in [0.25, 0.3) is 0 Å². The van der Waals surface area contributed by atoms with E-state index in [1.54, 1.807) is 18.9 Å². The zero-order chi connectivity index (χ0) is 16.1. The minimum absolute atomic E-state index is 0.0706. The molecule has 0 bridgehead atoms. The van der Waals surface area contributed by atoms with Gasteiger partial charge in [0, 0.05) is 18.7 Å². The number of aryl methyl sites for hydroxylation is 1. The highest BCUT2D eigenvalue weighted by Gasteiger charge is 2.20. The topological polar surface area (TPSA) is 70.1 Å². The quantitative estimate of drug-likeness (QED) is 0.850. The summed E-state index contributed by atoms with van der Waals surface area (Å²) in [6.07, 6.45) is 0.490. The van der Waals surface area contributed by atoms with Crippen LogP contribution in [0.15, 0.2) is 34.7 Å². The summed E-state index contributed by atoms with van der Waals surface area (Å²) in [6, 6.07) is 11.5. The number of carbonyl (C=O) groups excluding carboxylic acids is 1. The number of nitrogens with zero attached hydrogens (tertiary/aromatic N) is 3. The van der Waals surface area contributed by atoms with Gasteiger partial charge in [-0.2, -0.15) is 5.26 Å². The van der Waals surface area contributed by atoms with Crippen LogP contribution >= 0.6 is 0 Å². The number of hydrogen-bond donors (Lipinski definition) is 0. The van der Waals surface area contributed by atoms with Crippen LogP contribution in [0, 0.1) is 18.3 Å². The Balaban J connectivity index is 2.13. The van der Waals surface area contributed by atoms with Crippen molar-refractivity contribution in [1.82, 2.24) is 9.88 Å². The third-order valence-corrected chi connectivity index (χ3v) is 3.67. The van der Waals surface area contributed by atoms with E-state index in [0.717, 1.165) is 5.56 Å². The van der Waals surface area contributed by atoms with Crippen molar-refractivity contribution in [1.29, 1.82) is 5.26 Å². The van der Waals surface area contributed by atoms with Gasteiger partial charge in [-0.05, 0) is 26.0 Å². The number of benzene rings is 1. The fourth-order valence-electron chi connectivity index (χ4n) is 2.08. The monoisotopic (exact) mass is 297 g/mol. The van der Waals surface area contributed by atoms with Crippen molar-refractivity contribution in [2.45, 2.75) is 32.7 Å². The van der Waals surface area contributed by atoms with Gasteiger partial charge in [0.2, 0.25) is 11.8 Å². The standard InChI is InChI=1S/C17H19N3O2/c1-12(9-10-18)20(3)16(21)11-15-13(2)22-17(19-15)14-7-5-4-6-8-14/h4-8,12H,9,11H2,1-3H3. The third kappa shape index (κ3) is 3.53. The lowest BCUT2D eigenvalue weighted by atomic mass is 10.2. The van der Waals surface area contributed by atoms with E-state index in [1.807, 2.05) is 37.3 Å². The van der Waals surface area contributed by atoms with E-state index in [1.165, 1.54) is 0 Å². The maximum Gasteiger partial charge on any atom is 0.228 e. The van der Waals surface area contributed by atoms with Gasteiger partial charge in [0.1, 0.15) is 5.76 Å². The van der Waals surface area contributed by atoms with E-state index >= 15 is 0 Å². The van der Waals surface area contributed by atoms with Gasteiger partial charge in [-0.1, -0.05) is 18.2 Å². The molecule has 0 aliphatic heterocycles. The summed E-state index contributed by atoms with van der Waals surface area (Å²) in [4.78, 5) is 18.3. The number of aromatic nitrogens is 1. The molecule has 5 heteroatoms. The maximum absolute atomic E-state index is 12.3. The molecule has 0 fully saturated rings. The first-order valence-corrected chi connectivity index (χ1v) is 7.17. The van der Waals surface area contributed by atoms with Crippen LogP contribution in [0.25, 0.3) is 11.5 Å². The van der Waals surface area contributed by atoms with Crippen LogP contribution in [0.2, 0.25) is 0 Å². The van der Waals surface area contributed by atoms with Gasteiger partial charge in [0.05, 0.1) is 24.6 Å². The van der Waals surface area contributed by atoms with Gasteiger partial charge in [-0.15, -0.1) is 0 Å². The Morgan fingerprint density at radius 1 is 1.41 bits per heavy atom. The molecule has 1 aromatic heterocycles. The number of oxazole rings is 1. The molecule has 5 nitrogen and oxygen atoms in total. The Hall–Kier alpha value is -2.61. The summed E-state index contributed by atoms with van der Waals surface area (Å²) in [5.41, 5.74) is 1.52. The molecule has 0 aliphatic rings. The van der Waals surface area contributed by atoms with Crippen LogP contribution < -0.4 is 0 Å². The molecule has 0 spiro atoms. The first-order valence-electron chi connectivity index (χ1n) is 7.17. The summed E-state index contributed by atoms with van der Waals surface area (Å²) in [5, 5.41) is 8.72. The zero-order valence-electron chi connectivity index (χ0n) is 13.0. The van der Waals surface area contributed by atoms with E-state index in [2.05, 4.69) is 11.1 Å². The average molecular weight is 297 g/mol. The molecule has 1 aromatic carbocycles. The molecule has 0 N–H and O–H groups in total. The highest BCUT2D eigenvalue weighted by atomic mass is 16.4. The second-order valence-corrected chi connectivity index (χ2v) is 5.28. The van der Waals surface area contributed by atoms with Gasteiger partial charge in [-0.3, -0.25) is 4.79 Å². The largest absolute Gasteiger partial charge is 0.441 e. The van der Waals surface area contributed by atoms with Crippen LogP contribution in [-0.2, 0) is 11.2 Å². The molecule has 2 aromatic rings. The van der Waals surface area contributed by atoms with Crippen molar-refractivity contribution in [3.63, 3.8) is 0 Å². The van der Waals surface area contributed by atoms with Crippen molar-refractivity contribution in [3.05, 3.63) is 41.8 Å². The lowest BCUT2D eigenvalue weighted by Gasteiger charge is -2.22. The summed E-state index contributed by atoms with van der Waals surface area (Å²) < 4.78 is 5.66. The van der Waals surface area contributed by atoms with Crippen molar-refractivity contribution >= 4 is 5.91 Å². The predicted molar refractivity (Wildman–Crippen MR) is 82.8 cm³/mol. The Morgan fingerprint density at radius 2 is 2.09 bits per heavy atom. The average Bonchev–Trinajstić information content (AvgIpc) is 2.88. The number of likely N-dealkylation sites (N-methyl/N-ethyl adjacent to an activating group) is 1. The van der Waals surface area contributed by atoms with Crippen LogP contribution in [0.5, 0.6) is 0 Å². The molecule has 1 atom stereocenters. The zero-order valence-corrected chi connectivity index (χ0v) is 13.0. The Labute approximate surface area is 130 Å². The molecular weight excluding hydrogens is 278 g/mol. The first kappa shape index (κ1) is 15.8. The molecule has 1 unspecified atom stereocenters. The number of carbonyl (C=O) groups is 1. The molecule has 22 heavy (non-hydrogen) atoms. The summed E-state index contributed by atoms with van der Waals surface area (Å²) in [6.45, 7) is 3.66. The van der Waals surface area contributed by atoms with Crippen LogP contribution in [0.3, 0.4) is 0 Å². The Bertz CT molecular complexity index is 686. The SMILES string of the molecule is Cc1oc(-c2ccccc2)nc1CC(=O)N(C)C(C)CC#N. The van der Waals surface area contributed by atoms with Crippen LogP contribution in [0.1, 0.15) is 24.8 Å². The van der Waals surface area contributed by atoms with E-state index in [9.17, 15) is 4.79 Å². The molecule has 0 radical (unpaired) electrons. The Morgan fingerprint density at radius 3 is 2.73 bits per heavy atom. The van der Waals surface area contributed by atoms with Crippen molar-refractivity contribution in [2.75, 3.05) is 7.05 Å². The highest BCUT2D eigenvalue weighted by Crippen LogP contribution is 2.22. The summed E-state index contributed by atoms with van der Waals surface area (Å²) >= 11 is 0. The smallest absolute Gasteiger partial charge is 0.228 e. The van der Waals surface area contributed by atoms with E-state index in [0.29, 0.717) is 23.8 Å². The minimum Gasteiger partial charge on any atom is -0.441 e. The molecule has 0 saturated heterocycles. The number of amides is 1. The van der Waals surface area contributed by atoms with Crippen molar-refractivity contribution < 1.29 is 9.21 Å². The molecule has 1 heterocycles. The lowest BCUT2D eigenvalue weighted by molar-refractivity contribution is -0.130. The van der Waals surface area contributed by atoms with Gasteiger partial charge >= 0.3 is 0 Å². The molecular formula is C17H19N3O2. The second kappa shape index (κ2) is 6.90. The normalized spacial score (nSPS) is 11.7. The van der Waals surface area contributed by atoms with Gasteiger partial charge < -0.3 is 9.32 Å². The fourth-order valence-corrected chi connectivity index (χ4v) is 2.08. The third-order valence-electron chi connectivity index (χ3n) is 3.67. The summed E-state index contributed by atoms with van der Waals surface area (Å²) in [5.74, 6) is 1.10. The van der Waals surface area contributed by atoms with E-state index in [-0.39, 0.29) is 18.4 Å². The van der Waals surface area contributed by atoms with Crippen LogP contribution in [-0.4, -0.2) is 28.9 Å². The van der Waals surface area contributed by atoms with E-state index in [4.69, 9.17) is 9.68 Å². The fraction of sp³-hybridized carbons (Fsp3) is 0.353. The van der Waals surface area contributed by atoms with Gasteiger partial charge in [-0.25, -0.2) is 4.98 Å². The first-order chi connectivity index (χ1) is 10.5. The lowest BCUT2D eigenvalue weighted by Crippen LogP contribution is -2.36. The predicted octanol–water partition coefficient (Wildman–Crippen LogP) is 2.95. The minimum atomic E-state index is -0.113. The maximum atomic E-state index is 12.3. The van der Waals surface area contributed by atoms with E-state index < -0.39 is 0 Å². The number of rotatable bonds is 5. The van der Waals surface area contributed by atoms with Crippen molar-refractivity contribution in [2.24, 2.45) is 0 Å². The summed E-state index contributed by atoms with van der Waals surface area (Å²) in [7, 11) is 1.71. The second-order valence-electron chi connectivity index (χ2n) is 5.28. The molecule has 114 valence electrons. The number of hydrogen-bond acceptors (Lipinski definition) is 4. The Kier molecular flexibility index (Phi) is 4.95. The van der Waals surface area contributed by atoms with Crippen LogP contribution in [0.4, 0.5) is 0 Å². The van der Waals surface area contributed by atoms with Gasteiger partial charge in [0.15, 0.2) is 0 Å². The number of nitriles is 1.